The summed E-state index contributed by atoms with van der Waals surface area (Å²) in [7, 11) is 0. The van der Waals surface area contributed by atoms with E-state index in [1.807, 2.05) is 0 Å². The van der Waals surface area contributed by atoms with Gasteiger partial charge in [0.25, 0.3) is 0 Å². The summed E-state index contributed by atoms with van der Waals surface area (Å²) in [5.41, 5.74) is 0. The molecule has 12 heavy (non-hydrogen) atoms. The van der Waals surface area contributed by atoms with Crippen LogP contribution in [-0.2, 0) is 9.59 Å². The van der Waals surface area contributed by atoms with Crippen LogP contribution in [0.4, 0.5) is 0 Å². The van der Waals surface area contributed by atoms with Crippen LogP contribution in [0.2, 0.25) is 0 Å². The van der Waals surface area contributed by atoms with Crippen molar-refractivity contribution in [1.29, 1.82) is 0 Å². The van der Waals surface area contributed by atoms with Crippen LogP contribution in [0, 0.1) is 0 Å². The molecular weight excluding hydrogens is 156 g/mol. The van der Waals surface area contributed by atoms with E-state index in [9.17, 15) is 9.59 Å². The Hall–Kier alpha value is -1.06. The topological polar surface area (TPSA) is 40.6 Å². The fourth-order valence-corrected chi connectivity index (χ4v) is 1.39. The molecule has 0 atom stereocenters. The summed E-state index contributed by atoms with van der Waals surface area (Å²) in [6.07, 6.45) is 3.54. The smallest absolute Gasteiger partial charge is 0.209 e. The first-order valence-corrected chi connectivity index (χ1v) is 4.25. The SMILES string of the molecule is O=CN1CCCN(C=O)CCC1. The molecule has 0 saturated carbocycles. The zero-order chi connectivity index (χ0) is 8.81. The van der Waals surface area contributed by atoms with Crippen molar-refractivity contribution in [2.24, 2.45) is 0 Å². The molecular formula is C8H14N2O2. The molecule has 0 unspecified atom stereocenters. The Balaban J connectivity index is 2.33. The van der Waals surface area contributed by atoms with E-state index in [0.29, 0.717) is 0 Å². The van der Waals surface area contributed by atoms with E-state index in [0.717, 1.165) is 51.8 Å². The van der Waals surface area contributed by atoms with Gasteiger partial charge in [-0.3, -0.25) is 9.59 Å². The van der Waals surface area contributed by atoms with Crippen LogP contribution in [0.1, 0.15) is 12.8 Å². The highest BCUT2D eigenvalue weighted by Gasteiger charge is 2.08. The first kappa shape index (κ1) is 9.03. The monoisotopic (exact) mass is 170 g/mol. The lowest BCUT2D eigenvalue weighted by Gasteiger charge is -2.25. The number of hydrogen-bond acceptors (Lipinski definition) is 2. The highest BCUT2D eigenvalue weighted by molar-refractivity contribution is 5.48. The Labute approximate surface area is 72.1 Å². The van der Waals surface area contributed by atoms with Crippen LogP contribution >= 0.6 is 0 Å². The van der Waals surface area contributed by atoms with Gasteiger partial charge in [0, 0.05) is 26.2 Å². The molecule has 0 aliphatic carbocycles. The molecule has 0 spiro atoms. The maximum atomic E-state index is 10.4. The molecule has 0 N–H and O–H groups in total. The van der Waals surface area contributed by atoms with Gasteiger partial charge in [0.2, 0.25) is 12.8 Å². The molecule has 0 bridgehead atoms. The Morgan fingerprint density at radius 1 is 0.750 bits per heavy atom. The highest BCUT2D eigenvalue weighted by atomic mass is 16.1. The maximum Gasteiger partial charge on any atom is 0.209 e. The second-order valence-electron chi connectivity index (χ2n) is 2.99. The van der Waals surface area contributed by atoms with Gasteiger partial charge in [-0.25, -0.2) is 0 Å². The van der Waals surface area contributed by atoms with Gasteiger partial charge in [-0.2, -0.15) is 0 Å². The van der Waals surface area contributed by atoms with Crippen molar-refractivity contribution in [1.82, 2.24) is 9.80 Å². The van der Waals surface area contributed by atoms with Crippen LogP contribution < -0.4 is 0 Å². The van der Waals surface area contributed by atoms with Crippen LogP contribution in [0.3, 0.4) is 0 Å². The average Bonchev–Trinajstić information content (AvgIpc) is 2.05. The van der Waals surface area contributed by atoms with Crippen LogP contribution in [0.25, 0.3) is 0 Å². The predicted molar refractivity (Wildman–Crippen MR) is 44.5 cm³/mol. The zero-order valence-electron chi connectivity index (χ0n) is 7.11. The lowest BCUT2D eigenvalue weighted by molar-refractivity contribution is -0.120. The molecule has 0 aromatic heterocycles. The van der Waals surface area contributed by atoms with E-state index in [1.54, 1.807) is 9.80 Å². The fourth-order valence-electron chi connectivity index (χ4n) is 1.39. The molecule has 0 aromatic carbocycles. The molecule has 1 saturated heterocycles. The summed E-state index contributed by atoms with van der Waals surface area (Å²) in [6.45, 7) is 3.09. The van der Waals surface area contributed by atoms with Gasteiger partial charge in [0.15, 0.2) is 0 Å². The molecule has 0 aromatic rings. The lowest BCUT2D eigenvalue weighted by Crippen LogP contribution is -2.35. The first-order chi connectivity index (χ1) is 5.86. The Kier molecular flexibility index (Phi) is 3.57. The number of carbonyl (C=O) groups excluding carboxylic acids is 2. The van der Waals surface area contributed by atoms with Crippen molar-refractivity contribution in [3.63, 3.8) is 0 Å². The third-order valence-corrected chi connectivity index (χ3v) is 2.08. The van der Waals surface area contributed by atoms with E-state index in [-0.39, 0.29) is 0 Å². The van der Waals surface area contributed by atoms with Gasteiger partial charge in [-0.05, 0) is 12.8 Å². The Morgan fingerprint density at radius 2 is 1.08 bits per heavy atom. The summed E-state index contributed by atoms with van der Waals surface area (Å²) >= 11 is 0. The standard InChI is InChI=1S/C8H14N2O2/c11-7-9-3-1-4-10(8-12)6-2-5-9/h7-8H,1-6H2. The lowest BCUT2D eigenvalue weighted by atomic mass is 10.2. The van der Waals surface area contributed by atoms with Crippen molar-refractivity contribution >= 4 is 12.8 Å². The van der Waals surface area contributed by atoms with Crippen molar-refractivity contribution in [2.75, 3.05) is 26.2 Å². The van der Waals surface area contributed by atoms with Gasteiger partial charge in [-0.1, -0.05) is 0 Å². The first-order valence-electron chi connectivity index (χ1n) is 4.25. The van der Waals surface area contributed by atoms with Crippen molar-refractivity contribution < 1.29 is 9.59 Å². The van der Waals surface area contributed by atoms with Crippen molar-refractivity contribution in [3.05, 3.63) is 0 Å². The molecule has 1 rings (SSSR count). The van der Waals surface area contributed by atoms with Gasteiger partial charge in [-0.15, -0.1) is 0 Å². The normalized spacial score (nSPS) is 19.7. The second-order valence-corrected chi connectivity index (χ2v) is 2.99. The van der Waals surface area contributed by atoms with Crippen molar-refractivity contribution in [3.8, 4) is 0 Å². The molecule has 1 fully saturated rings. The minimum Gasteiger partial charge on any atom is -0.345 e. The van der Waals surface area contributed by atoms with Gasteiger partial charge in [0.1, 0.15) is 0 Å². The minimum atomic E-state index is 0.772. The summed E-state index contributed by atoms with van der Waals surface area (Å²) in [6, 6.07) is 0. The summed E-state index contributed by atoms with van der Waals surface area (Å²) in [5, 5.41) is 0. The molecule has 68 valence electrons. The molecule has 1 heterocycles. The highest BCUT2D eigenvalue weighted by Crippen LogP contribution is 1.99. The number of rotatable bonds is 2. The maximum absolute atomic E-state index is 10.4. The molecule has 1 aliphatic heterocycles. The van der Waals surface area contributed by atoms with Gasteiger partial charge >= 0.3 is 0 Å². The van der Waals surface area contributed by atoms with E-state index in [1.165, 1.54) is 0 Å². The van der Waals surface area contributed by atoms with Gasteiger partial charge in [0.05, 0.1) is 0 Å². The van der Waals surface area contributed by atoms with E-state index in [2.05, 4.69) is 0 Å². The van der Waals surface area contributed by atoms with E-state index in [4.69, 9.17) is 0 Å². The van der Waals surface area contributed by atoms with Crippen LogP contribution in [0.15, 0.2) is 0 Å². The van der Waals surface area contributed by atoms with Crippen molar-refractivity contribution in [2.45, 2.75) is 12.8 Å². The molecule has 0 radical (unpaired) electrons. The average molecular weight is 170 g/mol. The molecule has 2 amide bonds. The molecule has 4 heteroatoms. The molecule has 4 nitrogen and oxygen atoms in total. The van der Waals surface area contributed by atoms with Crippen LogP contribution in [-0.4, -0.2) is 48.8 Å². The number of nitrogens with zero attached hydrogens (tertiary/aromatic N) is 2. The Bertz CT molecular complexity index is 135. The third kappa shape index (κ3) is 2.53. The summed E-state index contributed by atoms with van der Waals surface area (Å²) in [4.78, 5) is 24.4. The zero-order valence-corrected chi connectivity index (χ0v) is 7.11. The van der Waals surface area contributed by atoms with E-state index < -0.39 is 0 Å². The number of amides is 2. The predicted octanol–water partition coefficient (Wildman–Crippen LogP) is -0.303. The largest absolute Gasteiger partial charge is 0.345 e. The molecule has 1 aliphatic rings. The quantitative estimate of drug-likeness (QED) is 0.534. The number of hydrogen-bond donors (Lipinski definition) is 0. The fraction of sp³-hybridized carbons (Fsp3) is 0.750. The second kappa shape index (κ2) is 4.74. The summed E-state index contributed by atoms with van der Waals surface area (Å²) < 4.78 is 0. The van der Waals surface area contributed by atoms with Crippen LogP contribution in [0.5, 0.6) is 0 Å². The summed E-state index contributed by atoms with van der Waals surface area (Å²) in [5.74, 6) is 0. The third-order valence-electron chi connectivity index (χ3n) is 2.08. The van der Waals surface area contributed by atoms with Gasteiger partial charge < -0.3 is 9.80 Å². The Morgan fingerprint density at radius 3 is 1.33 bits per heavy atom. The minimum absolute atomic E-state index is 0.772. The number of carbonyl (C=O) groups is 2. The van der Waals surface area contributed by atoms with E-state index >= 15 is 0 Å².